The molecule has 2 aromatic rings. The van der Waals surface area contributed by atoms with Crippen LogP contribution in [0.1, 0.15) is 17.5 Å². The van der Waals surface area contributed by atoms with Crippen molar-refractivity contribution in [2.75, 3.05) is 49.6 Å². The van der Waals surface area contributed by atoms with Gasteiger partial charge in [0.2, 0.25) is 0 Å². The van der Waals surface area contributed by atoms with Crippen LogP contribution >= 0.6 is 0 Å². The Morgan fingerprint density at radius 1 is 1.07 bits per heavy atom. The minimum absolute atomic E-state index is 0.0271. The monoisotopic (exact) mass is 365 g/mol. The van der Waals surface area contributed by atoms with E-state index in [9.17, 15) is 4.79 Å². The van der Waals surface area contributed by atoms with Crippen LogP contribution in [0.5, 0.6) is 0 Å². The van der Waals surface area contributed by atoms with Crippen LogP contribution in [0, 0.1) is 0 Å². The highest BCUT2D eigenvalue weighted by Gasteiger charge is 2.21. The highest BCUT2D eigenvalue weighted by molar-refractivity contribution is 5.74. The van der Waals surface area contributed by atoms with E-state index in [4.69, 9.17) is 0 Å². The second-order valence-corrected chi connectivity index (χ2v) is 7.33. The summed E-state index contributed by atoms with van der Waals surface area (Å²) in [6.07, 6.45) is 5.94. The Kier molecular flexibility index (Phi) is 5.14. The van der Waals surface area contributed by atoms with Gasteiger partial charge in [-0.25, -0.2) is 4.79 Å². The van der Waals surface area contributed by atoms with Crippen LogP contribution < -0.4 is 15.1 Å². The van der Waals surface area contributed by atoms with Crippen molar-refractivity contribution in [3.05, 3.63) is 53.9 Å². The molecule has 4 rings (SSSR count). The third kappa shape index (κ3) is 3.99. The Morgan fingerprint density at radius 2 is 1.85 bits per heavy atom. The molecule has 6 nitrogen and oxygen atoms in total. The Morgan fingerprint density at radius 3 is 2.63 bits per heavy atom. The van der Waals surface area contributed by atoms with Crippen LogP contribution in [0.15, 0.2) is 42.7 Å². The molecule has 0 bridgehead atoms. The summed E-state index contributed by atoms with van der Waals surface area (Å²) in [6.45, 7) is 4.88. The maximum Gasteiger partial charge on any atom is 0.317 e. The molecule has 1 aromatic carbocycles. The molecule has 0 atom stereocenters. The minimum atomic E-state index is 0.0271. The molecule has 0 saturated carbocycles. The summed E-state index contributed by atoms with van der Waals surface area (Å²) in [5, 5.41) is 3.09. The van der Waals surface area contributed by atoms with Crippen LogP contribution in [-0.2, 0) is 13.0 Å². The third-order valence-electron chi connectivity index (χ3n) is 5.53. The zero-order valence-corrected chi connectivity index (χ0v) is 15.9. The van der Waals surface area contributed by atoms with Gasteiger partial charge >= 0.3 is 6.03 Å². The first kappa shape index (κ1) is 17.6. The highest BCUT2D eigenvalue weighted by Crippen LogP contribution is 2.26. The fourth-order valence-corrected chi connectivity index (χ4v) is 3.96. The average molecular weight is 365 g/mol. The topological polar surface area (TPSA) is 51.7 Å². The van der Waals surface area contributed by atoms with Gasteiger partial charge in [0.05, 0.1) is 0 Å². The van der Waals surface area contributed by atoms with Gasteiger partial charge in [0, 0.05) is 70.1 Å². The van der Waals surface area contributed by atoms with Gasteiger partial charge in [0.25, 0.3) is 0 Å². The van der Waals surface area contributed by atoms with Crippen LogP contribution in [-0.4, -0.2) is 55.7 Å². The van der Waals surface area contributed by atoms with E-state index < -0.39 is 0 Å². The van der Waals surface area contributed by atoms with E-state index in [-0.39, 0.29) is 6.03 Å². The molecule has 3 heterocycles. The number of carbonyl (C=O) groups excluding carboxylic acids is 1. The van der Waals surface area contributed by atoms with Gasteiger partial charge in [-0.05, 0) is 42.2 Å². The number of nitrogens with zero attached hydrogens (tertiary/aromatic N) is 4. The first-order chi connectivity index (χ1) is 13.2. The summed E-state index contributed by atoms with van der Waals surface area (Å²) in [6, 6.07) is 10.6. The van der Waals surface area contributed by atoms with Crippen molar-refractivity contribution in [1.82, 2.24) is 15.2 Å². The number of hydrogen-bond acceptors (Lipinski definition) is 4. The molecule has 1 saturated heterocycles. The smallest absolute Gasteiger partial charge is 0.317 e. The number of urea groups is 1. The van der Waals surface area contributed by atoms with Crippen LogP contribution in [0.3, 0.4) is 0 Å². The maximum absolute atomic E-state index is 12.5. The summed E-state index contributed by atoms with van der Waals surface area (Å²) in [4.78, 5) is 23.1. The van der Waals surface area contributed by atoms with Crippen molar-refractivity contribution in [3.63, 3.8) is 0 Å². The Balaban J connectivity index is 1.29. The fourth-order valence-electron chi connectivity index (χ4n) is 3.96. The van der Waals surface area contributed by atoms with E-state index >= 15 is 0 Å². The first-order valence-corrected chi connectivity index (χ1v) is 9.71. The number of anilines is 2. The molecule has 0 radical (unpaired) electrons. The van der Waals surface area contributed by atoms with Crippen molar-refractivity contribution in [2.45, 2.75) is 19.4 Å². The predicted molar refractivity (Wildman–Crippen MR) is 108 cm³/mol. The largest absolute Gasteiger partial charge is 0.374 e. The second kappa shape index (κ2) is 7.86. The molecule has 142 valence electrons. The fraction of sp³-hybridized carbons (Fsp3) is 0.429. The number of benzene rings is 1. The van der Waals surface area contributed by atoms with Crippen molar-refractivity contribution >= 4 is 17.4 Å². The molecule has 0 aliphatic carbocycles. The molecule has 2 aliphatic heterocycles. The molecule has 1 fully saturated rings. The van der Waals surface area contributed by atoms with Gasteiger partial charge in [-0.2, -0.15) is 0 Å². The standard InChI is InChI=1S/C21H27N5O/c1-24-10-2-3-18-15-17(4-5-20(18)24)16-23-21(27)26-13-11-25(12-14-26)19-6-8-22-9-7-19/h4-9,15H,2-3,10-14,16H2,1H3,(H,23,27). The molecule has 27 heavy (non-hydrogen) atoms. The lowest BCUT2D eigenvalue weighted by Gasteiger charge is -2.36. The predicted octanol–water partition coefficient (Wildman–Crippen LogP) is 2.50. The number of rotatable bonds is 3. The van der Waals surface area contributed by atoms with Gasteiger partial charge in [0.15, 0.2) is 0 Å². The van der Waals surface area contributed by atoms with Crippen molar-refractivity contribution in [3.8, 4) is 0 Å². The number of fused-ring (bicyclic) bond motifs is 1. The van der Waals surface area contributed by atoms with E-state index in [2.05, 4.69) is 45.3 Å². The second-order valence-electron chi connectivity index (χ2n) is 7.33. The molecule has 2 aliphatic rings. The van der Waals surface area contributed by atoms with Crippen LogP contribution in [0.25, 0.3) is 0 Å². The SMILES string of the molecule is CN1CCCc2cc(CNC(=O)N3CCN(c4ccncc4)CC3)ccc21. The van der Waals surface area contributed by atoms with E-state index in [0.717, 1.165) is 39.1 Å². The number of piperazine rings is 1. The van der Waals surface area contributed by atoms with E-state index in [0.29, 0.717) is 6.54 Å². The molecule has 0 unspecified atom stereocenters. The van der Waals surface area contributed by atoms with Gasteiger partial charge in [-0.1, -0.05) is 12.1 Å². The minimum Gasteiger partial charge on any atom is -0.374 e. The third-order valence-corrected chi connectivity index (χ3v) is 5.53. The number of pyridine rings is 1. The average Bonchev–Trinajstić information content (AvgIpc) is 2.73. The zero-order valence-electron chi connectivity index (χ0n) is 15.9. The maximum atomic E-state index is 12.5. The molecule has 0 spiro atoms. The number of aryl methyl sites for hydroxylation is 1. The number of carbonyl (C=O) groups is 1. The summed E-state index contributed by atoms with van der Waals surface area (Å²) in [7, 11) is 2.14. The summed E-state index contributed by atoms with van der Waals surface area (Å²) < 4.78 is 0. The number of amides is 2. The Hall–Kier alpha value is -2.76. The van der Waals surface area contributed by atoms with Gasteiger partial charge in [0.1, 0.15) is 0 Å². The van der Waals surface area contributed by atoms with Gasteiger partial charge in [-0.3, -0.25) is 4.98 Å². The lowest BCUT2D eigenvalue weighted by Crippen LogP contribution is -2.51. The van der Waals surface area contributed by atoms with Gasteiger partial charge in [-0.15, -0.1) is 0 Å². The van der Waals surface area contributed by atoms with E-state index in [1.165, 1.54) is 28.9 Å². The molecular weight excluding hydrogens is 338 g/mol. The summed E-state index contributed by atoms with van der Waals surface area (Å²) >= 11 is 0. The molecular formula is C21H27N5O. The van der Waals surface area contributed by atoms with Crippen LogP contribution in [0.4, 0.5) is 16.2 Å². The molecule has 1 N–H and O–H groups in total. The lowest BCUT2D eigenvalue weighted by atomic mass is 9.99. The summed E-state index contributed by atoms with van der Waals surface area (Å²) in [5.41, 5.74) is 5.06. The zero-order chi connectivity index (χ0) is 18.6. The lowest BCUT2D eigenvalue weighted by molar-refractivity contribution is 0.194. The first-order valence-electron chi connectivity index (χ1n) is 9.71. The van der Waals surface area contributed by atoms with E-state index in [1.807, 2.05) is 29.4 Å². The molecule has 1 aromatic heterocycles. The molecule has 2 amide bonds. The van der Waals surface area contributed by atoms with Crippen LogP contribution in [0.2, 0.25) is 0 Å². The van der Waals surface area contributed by atoms with Crippen molar-refractivity contribution < 1.29 is 4.79 Å². The van der Waals surface area contributed by atoms with Gasteiger partial charge < -0.3 is 20.0 Å². The summed E-state index contributed by atoms with van der Waals surface area (Å²) in [5.74, 6) is 0. The quantitative estimate of drug-likeness (QED) is 0.908. The molecule has 6 heteroatoms. The highest BCUT2D eigenvalue weighted by atomic mass is 16.2. The number of nitrogens with one attached hydrogen (secondary N) is 1. The number of hydrogen-bond donors (Lipinski definition) is 1. The number of aromatic nitrogens is 1. The Labute approximate surface area is 160 Å². The normalized spacial score (nSPS) is 16.9. The van der Waals surface area contributed by atoms with E-state index in [1.54, 1.807) is 0 Å². The van der Waals surface area contributed by atoms with Crippen molar-refractivity contribution in [2.24, 2.45) is 0 Å². The Bertz CT molecular complexity index is 786. The van der Waals surface area contributed by atoms with Crippen molar-refractivity contribution in [1.29, 1.82) is 0 Å².